The van der Waals surface area contributed by atoms with E-state index in [0.29, 0.717) is 27.8 Å². The van der Waals surface area contributed by atoms with E-state index in [9.17, 15) is 9.18 Å². The molecule has 8 heteroatoms. The molecule has 30 heavy (non-hydrogen) atoms. The number of rotatable bonds is 3. The lowest BCUT2D eigenvalue weighted by Gasteiger charge is -2.14. The first-order chi connectivity index (χ1) is 14.5. The Morgan fingerprint density at radius 1 is 1.13 bits per heavy atom. The molecule has 148 valence electrons. The minimum atomic E-state index is -0.364. The fraction of sp³-hybridized carbons (Fsp3) is 0.0909. The Morgan fingerprint density at radius 3 is 2.67 bits per heavy atom. The van der Waals surface area contributed by atoms with Crippen molar-refractivity contribution in [1.29, 1.82) is 0 Å². The maximum Gasteiger partial charge on any atom is 0.255 e. The third-order valence-electron chi connectivity index (χ3n) is 4.49. The van der Waals surface area contributed by atoms with Crippen molar-refractivity contribution in [2.24, 2.45) is 0 Å². The van der Waals surface area contributed by atoms with Gasteiger partial charge < -0.3 is 11.1 Å². The highest BCUT2D eigenvalue weighted by atomic mass is 19.1. The van der Waals surface area contributed by atoms with E-state index in [1.54, 1.807) is 54.3 Å². The highest BCUT2D eigenvalue weighted by Crippen LogP contribution is 2.17. The molecular formula is C22H17FN6O. The van der Waals surface area contributed by atoms with Crippen molar-refractivity contribution < 1.29 is 9.18 Å². The van der Waals surface area contributed by atoms with E-state index in [2.05, 4.69) is 32.2 Å². The average molecular weight is 400 g/mol. The number of pyridine rings is 1. The summed E-state index contributed by atoms with van der Waals surface area (Å²) < 4.78 is 15.0. The van der Waals surface area contributed by atoms with Gasteiger partial charge in [-0.15, -0.1) is 0 Å². The molecule has 0 unspecified atom stereocenters. The van der Waals surface area contributed by atoms with Gasteiger partial charge in [0.05, 0.1) is 28.9 Å². The molecule has 0 spiro atoms. The molecule has 7 nitrogen and oxygen atoms in total. The van der Waals surface area contributed by atoms with Crippen molar-refractivity contribution in [3.05, 3.63) is 89.3 Å². The lowest BCUT2D eigenvalue weighted by Crippen LogP contribution is -2.26. The highest BCUT2D eigenvalue weighted by molar-refractivity contribution is 6.00. The van der Waals surface area contributed by atoms with E-state index in [1.807, 2.05) is 0 Å². The number of hydrogen-bond acceptors (Lipinski definition) is 5. The summed E-state index contributed by atoms with van der Waals surface area (Å²) >= 11 is 0. The van der Waals surface area contributed by atoms with Crippen LogP contribution in [-0.4, -0.2) is 25.5 Å². The van der Waals surface area contributed by atoms with Crippen LogP contribution in [-0.2, 0) is 0 Å². The number of carbonyl (C=O) groups excluding carboxylic acids is 1. The number of halogens is 1. The summed E-state index contributed by atoms with van der Waals surface area (Å²) in [5, 5.41) is 7.09. The monoisotopic (exact) mass is 400 g/mol. The second-order valence-electron chi connectivity index (χ2n) is 6.63. The third-order valence-corrected chi connectivity index (χ3v) is 4.49. The van der Waals surface area contributed by atoms with Gasteiger partial charge in [0, 0.05) is 24.2 Å². The summed E-state index contributed by atoms with van der Waals surface area (Å²) in [5.41, 5.74) is 8.49. The van der Waals surface area contributed by atoms with E-state index in [1.165, 1.54) is 18.3 Å². The Kier molecular flexibility index (Phi) is 5.09. The van der Waals surface area contributed by atoms with Crippen LogP contribution in [0.1, 0.15) is 40.0 Å². The SMILES string of the molecule is C[C@H](NC(=O)c1cnn2ccc(C#Cc3cnc(N)nc3)cc12)c1cccc(F)c1. The fourth-order valence-corrected chi connectivity index (χ4v) is 2.91. The van der Waals surface area contributed by atoms with E-state index >= 15 is 0 Å². The number of anilines is 1. The summed E-state index contributed by atoms with van der Waals surface area (Å²) in [6.45, 7) is 1.80. The summed E-state index contributed by atoms with van der Waals surface area (Å²) in [4.78, 5) is 20.6. The topological polar surface area (TPSA) is 98.2 Å². The van der Waals surface area contributed by atoms with Crippen LogP contribution in [0.4, 0.5) is 10.3 Å². The molecule has 3 N–H and O–H groups in total. The molecular weight excluding hydrogens is 383 g/mol. The number of benzene rings is 1. The molecule has 3 aromatic heterocycles. The molecule has 0 aliphatic carbocycles. The first-order valence-corrected chi connectivity index (χ1v) is 9.13. The van der Waals surface area contributed by atoms with E-state index < -0.39 is 0 Å². The van der Waals surface area contributed by atoms with Crippen LogP contribution in [0.15, 0.2) is 61.2 Å². The van der Waals surface area contributed by atoms with Crippen LogP contribution < -0.4 is 11.1 Å². The molecule has 1 amide bonds. The molecule has 4 aromatic rings. The largest absolute Gasteiger partial charge is 0.368 e. The highest BCUT2D eigenvalue weighted by Gasteiger charge is 2.16. The third kappa shape index (κ3) is 4.10. The number of fused-ring (bicyclic) bond motifs is 1. The number of nitrogens with two attached hydrogens (primary N) is 1. The van der Waals surface area contributed by atoms with Gasteiger partial charge in [0.15, 0.2) is 0 Å². The fourth-order valence-electron chi connectivity index (χ4n) is 2.91. The van der Waals surface area contributed by atoms with Crippen molar-refractivity contribution in [3.63, 3.8) is 0 Å². The van der Waals surface area contributed by atoms with Crippen molar-refractivity contribution in [3.8, 4) is 11.8 Å². The lowest BCUT2D eigenvalue weighted by atomic mass is 10.1. The molecule has 0 bridgehead atoms. The molecule has 0 aliphatic heterocycles. The van der Waals surface area contributed by atoms with Crippen LogP contribution in [0.3, 0.4) is 0 Å². The van der Waals surface area contributed by atoms with Gasteiger partial charge in [-0.25, -0.2) is 18.9 Å². The predicted molar refractivity (Wildman–Crippen MR) is 110 cm³/mol. The minimum absolute atomic E-state index is 0.185. The molecule has 1 aromatic carbocycles. The number of hydrogen-bond donors (Lipinski definition) is 2. The van der Waals surface area contributed by atoms with Gasteiger partial charge in [0.1, 0.15) is 5.82 Å². The summed E-state index contributed by atoms with van der Waals surface area (Å²) in [7, 11) is 0. The normalized spacial score (nSPS) is 11.5. The van der Waals surface area contributed by atoms with Gasteiger partial charge in [-0.05, 0) is 36.8 Å². The van der Waals surface area contributed by atoms with Crippen molar-refractivity contribution >= 4 is 17.4 Å². The lowest BCUT2D eigenvalue weighted by molar-refractivity contribution is 0.0941. The van der Waals surface area contributed by atoms with Gasteiger partial charge in [-0.2, -0.15) is 5.10 Å². The summed E-state index contributed by atoms with van der Waals surface area (Å²) in [6, 6.07) is 9.34. The number of aromatic nitrogens is 4. The minimum Gasteiger partial charge on any atom is -0.368 e. The van der Waals surface area contributed by atoms with Crippen LogP contribution >= 0.6 is 0 Å². The average Bonchev–Trinajstić information content (AvgIpc) is 3.16. The number of carbonyl (C=O) groups is 1. The zero-order chi connectivity index (χ0) is 21.1. The first-order valence-electron chi connectivity index (χ1n) is 9.13. The van der Waals surface area contributed by atoms with Gasteiger partial charge >= 0.3 is 0 Å². The standard InChI is InChI=1S/C22H17FN6O/c1-14(17-3-2-4-18(23)10-17)28-21(30)19-13-27-29-8-7-15(9-20(19)29)5-6-16-11-25-22(24)26-12-16/h2-4,7-14H,1H3,(H,28,30)(H2,24,25,26)/t14-/m0/s1. The number of nitrogens with one attached hydrogen (secondary N) is 1. The van der Waals surface area contributed by atoms with Crippen LogP contribution in [0.25, 0.3) is 5.52 Å². The zero-order valence-corrected chi connectivity index (χ0v) is 16.0. The van der Waals surface area contributed by atoms with Crippen LogP contribution in [0, 0.1) is 17.7 Å². The van der Waals surface area contributed by atoms with Crippen LogP contribution in [0.2, 0.25) is 0 Å². The maximum atomic E-state index is 13.5. The Labute approximate surface area is 171 Å². The second kappa shape index (κ2) is 8.01. The number of amides is 1. The van der Waals surface area contributed by atoms with Gasteiger partial charge in [0.2, 0.25) is 5.95 Å². The smallest absolute Gasteiger partial charge is 0.255 e. The molecule has 4 rings (SSSR count). The number of nitrogens with zero attached hydrogens (tertiary/aromatic N) is 4. The quantitative estimate of drug-likeness (QED) is 0.515. The Hall–Kier alpha value is -4.25. The van der Waals surface area contributed by atoms with E-state index in [4.69, 9.17) is 5.73 Å². The van der Waals surface area contributed by atoms with E-state index in [-0.39, 0.29) is 23.7 Å². The predicted octanol–water partition coefficient (Wildman–Crippen LogP) is 2.74. The Balaban J connectivity index is 1.58. The number of nitrogen functional groups attached to an aromatic ring is 1. The van der Waals surface area contributed by atoms with Gasteiger partial charge in [0.25, 0.3) is 5.91 Å². The zero-order valence-electron chi connectivity index (χ0n) is 16.0. The molecule has 0 saturated carbocycles. The molecule has 1 atom stereocenters. The molecule has 0 aliphatic rings. The van der Waals surface area contributed by atoms with Crippen LogP contribution in [0.5, 0.6) is 0 Å². The maximum absolute atomic E-state index is 13.5. The molecule has 3 heterocycles. The summed E-state index contributed by atoms with van der Waals surface area (Å²) in [5.74, 6) is 5.50. The van der Waals surface area contributed by atoms with Gasteiger partial charge in [-0.1, -0.05) is 24.0 Å². The van der Waals surface area contributed by atoms with Crippen molar-refractivity contribution in [1.82, 2.24) is 24.9 Å². The van der Waals surface area contributed by atoms with Crippen molar-refractivity contribution in [2.45, 2.75) is 13.0 Å². The Morgan fingerprint density at radius 2 is 1.90 bits per heavy atom. The van der Waals surface area contributed by atoms with E-state index in [0.717, 1.165) is 0 Å². The second-order valence-corrected chi connectivity index (χ2v) is 6.63. The van der Waals surface area contributed by atoms with Gasteiger partial charge in [-0.3, -0.25) is 4.79 Å². The molecule has 0 radical (unpaired) electrons. The first kappa shape index (κ1) is 19.1. The Bertz CT molecular complexity index is 1290. The molecule has 0 saturated heterocycles. The summed E-state index contributed by atoms with van der Waals surface area (Å²) in [6.07, 6.45) is 6.30. The van der Waals surface area contributed by atoms with Crippen molar-refractivity contribution in [2.75, 3.05) is 5.73 Å². The molecule has 0 fully saturated rings.